The summed E-state index contributed by atoms with van der Waals surface area (Å²) >= 11 is 0. The van der Waals surface area contributed by atoms with E-state index in [1.807, 2.05) is 6.92 Å². The van der Waals surface area contributed by atoms with E-state index in [1.165, 1.54) is 19.3 Å². The van der Waals surface area contributed by atoms with Gasteiger partial charge >= 0.3 is 0 Å². The van der Waals surface area contributed by atoms with E-state index in [-0.39, 0.29) is 11.9 Å². The maximum Gasteiger partial charge on any atom is 0.220 e. The van der Waals surface area contributed by atoms with Crippen molar-refractivity contribution in [1.29, 1.82) is 0 Å². The van der Waals surface area contributed by atoms with Gasteiger partial charge < -0.3 is 15.1 Å². The lowest BCUT2D eigenvalue weighted by molar-refractivity contribution is -0.121. The van der Waals surface area contributed by atoms with Crippen LogP contribution in [0, 0.1) is 0 Å². The van der Waals surface area contributed by atoms with Gasteiger partial charge in [-0.1, -0.05) is 6.92 Å². The summed E-state index contributed by atoms with van der Waals surface area (Å²) in [6.07, 6.45) is 9.13. The SMILES string of the molecule is CCCC(=O)NC1CCCN(c2cc(N3CCCCC3)ncn2)C1. The molecule has 2 aliphatic heterocycles. The zero-order chi connectivity index (χ0) is 16.8. The van der Waals surface area contributed by atoms with Crippen molar-refractivity contribution < 1.29 is 4.79 Å². The molecule has 1 amide bonds. The maximum atomic E-state index is 11.9. The molecule has 0 bridgehead atoms. The van der Waals surface area contributed by atoms with E-state index in [0.717, 1.165) is 57.1 Å². The second kappa shape index (κ2) is 8.31. The molecule has 3 rings (SSSR count). The van der Waals surface area contributed by atoms with E-state index in [0.29, 0.717) is 6.42 Å². The van der Waals surface area contributed by atoms with E-state index >= 15 is 0 Å². The number of aromatic nitrogens is 2. The van der Waals surface area contributed by atoms with Gasteiger partial charge in [-0.05, 0) is 38.5 Å². The topological polar surface area (TPSA) is 61.4 Å². The molecule has 2 aliphatic rings. The molecule has 0 aromatic carbocycles. The number of amides is 1. The molecule has 2 saturated heterocycles. The number of carbonyl (C=O) groups excluding carboxylic acids is 1. The highest BCUT2D eigenvalue weighted by molar-refractivity contribution is 5.76. The third kappa shape index (κ3) is 4.36. The lowest BCUT2D eigenvalue weighted by atomic mass is 10.1. The molecule has 6 nitrogen and oxygen atoms in total. The Hall–Kier alpha value is -1.85. The minimum absolute atomic E-state index is 0.168. The number of carbonyl (C=O) groups is 1. The molecule has 2 fully saturated rings. The molecule has 0 aliphatic carbocycles. The van der Waals surface area contributed by atoms with Crippen LogP contribution in [-0.2, 0) is 4.79 Å². The van der Waals surface area contributed by atoms with E-state index in [2.05, 4.69) is 31.2 Å². The molecule has 6 heteroatoms. The monoisotopic (exact) mass is 331 g/mol. The first-order chi connectivity index (χ1) is 11.8. The van der Waals surface area contributed by atoms with Gasteiger partial charge in [-0.3, -0.25) is 4.79 Å². The van der Waals surface area contributed by atoms with Crippen molar-refractivity contribution in [2.45, 2.75) is 57.9 Å². The van der Waals surface area contributed by atoms with Gasteiger partial charge in [0.25, 0.3) is 0 Å². The van der Waals surface area contributed by atoms with Gasteiger partial charge in [-0.2, -0.15) is 0 Å². The minimum atomic E-state index is 0.168. The summed E-state index contributed by atoms with van der Waals surface area (Å²) in [7, 11) is 0. The van der Waals surface area contributed by atoms with E-state index < -0.39 is 0 Å². The average Bonchev–Trinajstić information content (AvgIpc) is 2.63. The van der Waals surface area contributed by atoms with Crippen molar-refractivity contribution in [3.63, 3.8) is 0 Å². The van der Waals surface area contributed by atoms with Gasteiger partial charge in [0.05, 0.1) is 0 Å². The van der Waals surface area contributed by atoms with Gasteiger partial charge in [-0.25, -0.2) is 9.97 Å². The number of hydrogen-bond donors (Lipinski definition) is 1. The molecule has 132 valence electrons. The molecule has 3 heterocycles. The van der Waals surface area contributed by atoms with Crippen LogP contribution in [-0.4, -0.2) is 48.1 Å². The van der Waals surface area contributed by atoms with Gasteiger partial charge in [0, 0.05) is 44.7 Å². The average molecular weight is 331 g/mol. The summed E-state index contributed by atoms with van der Waals surface area (Å²) in [4.78, 5) is 25.5. The predicted octanol–water partition coefficient (Wildman–Crippen LogP) is 2.35. The largest absolute Gasteiger partial charge is 0.356 e. The van der Waals surface area contributed by atoms with E-state index in [9.17, 15) is 4.79 Å². The van der Waals surface area contributed by atoms with Crippen molar-refractivity contribution >= 4 is 17.5 Å². The van der Waals surface area contributed by atoms with Crippen molar-refractivity contribution in [1.82, 2.24) is 15.3 Å². The normalized spacial score (nSPS) is 21.6. The molecule has 0 radical (unpaired) electrons. The number of nitrogens with one attached hydrogen (secondary N) is 1. The van der Waals surface area contributed by atoms with E-state index in [4.69, 9.17) is 0 Å². The lowest BCUT2D eigenvalue weighted by Crippen LogP contribution is -2.48. The summed E-state index contributed by atoms with van der Waals surface area (Å²) in [5, 5.41) is 3.16. The Kier molecular flexibility index (Phi) is 5.88. The van der Waals surface area contributed by atoms with Crippen molar-refractivity contribution in [2.75, 3.05) is 36.0 Å². The highest BCUT2D eigenvalue weighted by Gasteiger charge is 2.23. The fraction of sp³-hybridized carbons (Fsp3) is 0.722. The fourth-order valence-electron chi connectivity index (χ4n) is 3.64. The summed E-state index contributed by atoms with van der Waals surface area (Å²) < 4.78 is 0. The number of hydrogen-bond acceptors (Lipinski definition) is 5. The Labute approximate surface area is 144 Å². The number of piperidine rings is 2. The Bertz CT molecular complexity index is 544. The van der Waals surface area contributed by atoms with Gasteiger partial charge in [0.2, 0.25) is 5.91 Å². The van der Waals surface area contributed by atoms with Crippen LogP contribution in [0.15, 0.2) is 12.4 Å². The Morgan fingerprint density at radius 1 is 1.12 bits per heavy atom. The quantitative estimate of drug-likeness (QED) is 0.897. The van der Waals surface area contributed by atoms with Crippen molar-refractivity contribution in [2.24, 2.45) is 0 Å². The maximum absolute atomic E-state index is 11.9. The van der Waals surface area contributed by atoms with Gasteiger partial charge in [0.15, 0.2) is 0 Å². The van der Waals surface area contributed by atoms with Crippen LogP contribution >= 0.6 is 0 Å². The zero-order valence-corrected chi connectivity index (χ0v) is 14.7. The van der Waals surface area contributed by atoms with Crippen LogP contribution in [0.5, 0.6) is 0 Å². The molecule has 1 unspecified atom stereocenters. The highest BCUT2D eigenvalue weighted by atomic mass is 16.1. The second-order valence-electron chi connectivity index (χ2n) is 6.88. The first-order valence-corrected chi connectivity index (χ1v) is 9.37. The molecular weight excluding hydrogens is 302 g/mol. The number of anilines is 2. The molecule has 0 saturated carbocycles. The van der Waals surface area contributed by atoms with Crippen LogP contribution in [0.3, 0.4) is 0 Å². The lowest BCUT2D eigenvalue weighted by Gasteiger charge is -2.34. The molecular formula is C18H29N5O. The third-order valence-electron chi connectivity index (χ3n) is 4.91. The second-order valence-corrected chi connectivity index (χ2v) is 6.88. The third-order valence-corrected chi connectivity index (χ3v) is 4.91. The Morgan fingerprint density at radius 3 is 2.58 bits per heavy atom. The standard InChI is InChI=1S/C18H29N5O/c1-2-7-18(24)21-15-8-6-11-23(13-15)17-12-16(19-14-20-17)22-9-4-3-5-10-22/h12,14-15H,2-11,13H2,1H3,(H,21,24). The summed E-state index contributed by atoms with van der Waals surface area (Å²) in [6.45, 7) is 6.05. The van der Waals surface area contributed by atoms with Crippen LogP contribution < -0.4 is 15.1 Å². The van der Waals surface area contributed by atoms with Crippen LogP contribution in [0.1, 0.15) is 51.9 Å². The zero-order valence-electron chi connectivity index (χ0n) is 14.7. The molecule has 1 aromatic rings. The van der Waals surface area contributed by atoms with Gasteiger partial charge in [-0.15, -0.1) is 0 Å². The summed E-state index contributed by atoms with van der Waals surface area (Å²) in [5.74, 6) is 2.19. The van der Waals surface area contributed by atoms with Crippen molar-refractivity contribution in [3.8, 4) is 0 Å². The molecule has 24 heavy (non-hydrogen) atoms. The first-order valence-electron chi connectivity index (χ1n) is 9.37. The summed E-state index contributed by atoms with van der Waals surface area (Å²) in [6, 6.07) is 2.34. The predicted molar refractivity (Wildman–Crippen MR) is 96.4 cm³/mol. The smallest absolute Gasteiger partial charge is 0.220 e. The number of nitrogens with zero attached hydrogens (tertiary/aromatic N) is 4. The Balaban J connectivity index is 1.63. The van der Waals surface area contributed by atoms with Crippen LogP contribution in [0.2, 0.25) is 0 Å². The van der Waals surface area contributed by atoms with Crippen LogP contribution in [0.25, 0.3) is 0 Å². The fourth-order valence-corrected chi connectivity index (χ4v) is 3.64. The highest BCUT2D eigenvalue weighted by Crippen LogP contribution is 2.23. The Morgan fingerprint density at radius 2 is 1.83 bits per heavy atom. The van der Waals surface area contributed by atoms with Crippen LogP contribution in [0.4, 0.5) is 11.6 Å². The minimum Gasteiger partial charge on any atom is -0.356 e. The molecule has 1 atom stereocenters. The molecule has 1 N–H and O–H groups in total. The van der Waals surface area contributed by atoms with E-state index in [1.54, 1.807) is 6.33 Å². The molecule has 1 aromatic heterocycles. The first kappa shape index (κ1) is 17.0. The number of rotatable bonds is 5. The van der Waals surface area contributed by atoms with Crippen molar-refractivity contribution in [3.05, 3.63) is 12.4 Å². The van der Waals surface area contributed by atoms with Gasteiger partial charge in [0.1, 0.15) is 18.0 Å². The molecule has 0 spiro atoms. The summed E-state index contributed by atoms with van der Waals surface area (Å²) in [5.41, 5.74) is 0.